The number of rotatable bonds is 7. The third kappa shape index (κ3) is 4.63. The van der Waals surface area contributed by atoms with E-state index in [4.69, 9.17) is 9.47 Å². The van der Waals surface area contributed by atoms with Gasteiger partial charge < -0.3 is 9.47 Å². The van der Waals surface area contributed by atoms with Gasteiger partial charge in [0.2, 0.25) is 0 Å². The maximum absolute atomic E-state index is 12.7. The summed E-state index contributed by atoms with van der Waals surface area (Å²) >= 11 is 0. The van der Waals surface area contributed by atoms with E-state index in [1.807, 2.05) is 57.2 Å². The molecule has 0 aliphatic heterocycles. The van der Waals surface area contributed by atoms with Crippen LogP contribution in [0.4, 0.5) is 0 Å². The molecular formula is C19H23O3P. The van der Waals surface area contributed by atoms with Crippen LogP contribution in [-0.2, 0) is 4.74 Å². The Balaban J connectivity index is 2.12. The van der Waals surface area contributed by atoms with Crippen molar-refractivity contribution in [3.05, 3.63) is 58.7 Å². The summed E-state index contributed by atoms with van der Waals surface area (Å²) < 4.78 is 10.6. The van der Waals surface area contributed by atoms with Crippen molar-refractivity contribution in [2.75, 3.05) is 20.3 Å². The second kappa shape index (κ2) is 8.24. The number of carbonyl (C=O) groups is 1. The van der Waals surface area contributed by atoms with Crippen LogP contribution in [0.2, 0.25) is 0 Å². The molecule has 3 nitrogen and oxygen atoms in total. The fourth-order valence-electron chi connectivity index (χ4n) is 2.47. The van der Waals surface area contributed by atoms with E-state index in [0.29, 0.717) is 13.2 Å². The molecule has 0 fully saturated rings. The Kier molecular flexibility index (Phi) is 6.32. The largest absolute Gasteiger partial charge is 0.491 e. The predicted octanol–water partition coefficient (Wildman–Crippen LogP) is 3.78. The molecule has 0 aliphatic rings. The summed E-state index contributed by atoms with van der Waals surface area (Å²) in [5.41, 5.74) is 4.21. The van der Waals surface area contributed by atoms with Gasteiger partial charge in [-0.2, -0.15) is 0 Å². The van der Waals surface area contributed by atoms with Gasteiger partial charge in [-0.1, -0.05) is 24.3 Å². The third-order valence-electron chi connectivity index (χ3n) is 3.71. The second-order valence-electron chi connectivity index (χ2n) is 5.54. The number of carbonyl (C=O) groups excluding carboxylic acids is 1. The van der Waals surface area contributed by atoms with Crippen LogP contribution in [0.5, 0.6) is 5.75 Å². The molecule has 0 aliphatic carbocycles. The topological polar surface area (TPSA) is 35.5 Å². The molecule has 0 saturated heterocycles. The van der Waals surface area contributed by atoms with Crippen molar-refractivity contribution in [2.24, 2.45) is 0 Å². The molecule has 0 N–H and O–H groups in total. The van der Waals surface area contributed by atoms with Crippen LogP contribution in [-0.4, -0.2) is 25.8 Å². The molecule has 2 aromatic carbocycles. The van der Waals surface area contributed by atoms with Crippen molar-refractivity contribution in [3.63, 3.8) is 0 Å². The molecule has 122 valence electrons. The highest BCUT2D eigenvalue weighted by Crippen LogP contribution is 2.26. The average Bonchev–Trinajstić information content (AvgIpc) is 2.50. The first-order chi connectivity index (χ1) is 11.0. The van der Waals surface area contributed by atoms with E-state index in [0.717, 1.165) is 33.3 Å². The molecule has 2 aromatic rings. The Labute approximate surface area is 139 Å². The minimum atomic E-state index is 0.127. The van der Waals surface area contributed by atoms with Crippen LogP contribution in [0, 0.1) is 20.8 Å². The molecule has 0 bridgehead atoms. The van der Waals surface area contributed by atoms with Gasteiger partial charge >= 0.3 is 0 Å². The monoisotopic (exact) mass is 330 g/mol. The zero-order valence-electron chi connectivity index (χ0n) is 14.1. The zero-order chi connectivity index (χ0) is 16.8. The lowest BCUT2D eigenvalue weighted by Crippen LogP contribution is -2.09. The SMILES string of the molecule is COCCOc1ccc(PC(=O)c2c(C)cccc2C)c(C)c1. The highest BCUT2D eigenvalue weighted by molar-refractivity contribution is 7.66. The van der Waals surface area contributed by atoms with Gasteiger partial charge in [0, 0.05) is 12.7 Å². The highest BCUT2D eigenvalue weighted by Gasteiger charge is 2.14. The second-order valence-corrected chi connectivity index (χ2v) is 6.78. The lowest BCUT2D eigenvalue weighted by Gasteiger charge is -2.12. The Morgan fingerprint density at radius 1 is 1.00 bits per heavy atom. The summed E-state index contributed by atoms with van der Waals surface area (Å²) in [6.45, 7) is 7.09. The Hall–Kier alpha value is -1.70. The summed E-state index contributed by atoms with van der Waals surface area (Å²) in [5, 5.41) is 1.07. The van der Waals surface area contributed by atoms with Gasteiger partial charge in [-0.05, 0) is 63.5 Å². The molecule has 1 unspecified atom stereocenters. The van der Waals surface area contributed by atoms with Crippen LogP contribution < -0.4 is 10.0 Å². The molecule has 0 amide bonds. The van der Waals surface area contributed by atoms with E-state index in [1.54, 1.807) is 7.11 Å². The average molecular weight is 330 g/mol. The van der Waals surface area contributed by atoms with Gasteiger partial charge in [-0.25, -0.2) is 0 Å². The Morgan fingerprint density at radius 3 is 2.30 bits per heavy atom. The van der Waals surface area contributed by atoms with Gasteiger partial charge in [0.15, 0.2) is 5.52 Å². The van der Waals surface area contributed by atoms with E-state index in [2.05, 4.69) is 0 Å². The van der Waals surface area contributed by atoms with Crippen molar-refractivity contribution in [1.82, 2.24) is 0 Å². The van der Waals surface area contributed by atoms with Crippen molar-refractivity contribution < 1.29 is 14.3 Å². The van der Waals surface area contributed by atoms with E-state index in [-0.39, 0.29) is 14.1 Å². The van der Waals surface area contributed by atoms with E-state index in [9.17, 15) is 4.79 Å². The smallest absolute Gasteiger partial charge is 0.186 e. The maximum Gasteiger partial charge on any atom is 0.186 e. The Bertz CT molecular complexity index is 675. The third-order valence-corrected chi connectivity index (χ3v) is 5.02. The first-order valence-corrected chi connectivity index (χ1v) is 8.63. The summed E-state index contributed by atoms with van der Waals surface area (Å²) in [6, 6.07) is 11.9. The molecule has 0 aromatic heterocycles. The first kappa shape index (κ1) is 17.7. The number of hydrogen-bond donors (Lipinski definition) is 0. The van der Waals surface area contributed by atoms with Crippen molar-refractivity contribution >= 4 is 19.4 Å². The summed E-state index contributed by atoms with van der Waals surface area (Å²) in [5.74, 6) is 0.813. The summed E-state index contributed by atoms with van der Waals surface area (Å²) in [4.78, 5) is 12.7. The first-order valence-electron chi connectivity index (χ1n) is 7.63. The van der Waals surface area contributed by atoms with Crippen molar-refractivity contribution in [1.29, 1.82) is 0 Å². The zero-order valence-corrected chi connectivity index (χ0v) is 15.1. The molecule has 0 radical (unpaired) electrons. The van der Waals surface area contributed by atoms with Gasteiger partial charge in [-0.15, -0.1) is 0 Å². The molecular weight excluding hydrogens is 307 g/mol. The standard InChI is InChI=1S/C19H23O3P/c1-13-6-5-7-14(2)18(13)19(20)23-17-9-8-16(12-15(17)3)22-11-10-21-4/h5-9,12,23H,10-11H2,1-4H3. The summed E-state index contributed by atoms with van der Waals surface area (Å²) in [6.07, 6.45) is 0. The maximum atomic E-state index is 12.7. The Morgan fingerprint density at radius 2 is 1.70 bits per heavy atom. The lowest BCUT2D eigenvalue weighted by atomic mass is 10.0. The van der Waals surface area contributed by atoms with Gasteiger partial charge in [0.1, 0.15) is 12.4 Å². The number of hydrogen-bond acceptors (Lipinski definition) is 3. The van der Waals surface area contributed by atoms with Crippen LogP contribution in [0.1, 0.15) is 27.0 Å². The quantitative estimate of drug-likeness (QED) is 0.572. The molecule has 4 heteroatoms. The van der Waals surface area contributed by atoms with Crippen molar-refractivity contribution in [3.8, 4) is 5.75 Å². The molecule has 23 heavy (non-hydrogen) atoms. The molecule has 0 saturated carbocycles. The number of benzene rings is 2. The summed E-state index contributed by atoms with van der Waals surface area (Å²) in [7, 11) is 1.78. The minimum Gasteiger partial charge on any atom is -0.491 e. The van der Waals surface area contributed by atoms with Crippen molar-refractivity contribution in [2.45, 2.75) is 20.8 Å². The number of methoxy groups -OCH3 is 1. The lowest BCUT2D eigenvalue weighted by molar-refractivity contribution is 0.108. The van der Waals surface area contributed by atoms with Crippen LogP contribution in [0.15, 0.2) is 36.4 Å². The highest BCUT2D eigenvalue weighted by atomic mass is 31.1. The van der Waals surface area contributed by atoms with Crippen LogP contribution in [0.25, 0.3) is 0 Å². The predicted molar refractivity (Wildman–Crippen MR) is 96.7 cm³/mol. The number of ether oxygens (including phenoxy) is 2. The van der Waals surface area contributed by atoms with Gasteiger partial charge in [0.05, 0.1) is 6.61 Å². The fraction of sp³-hybridized carbons (Fsp3) is 0.316. The normalized spacial score (nSPS) is 11.1. The van der Waals surface area contributed by atoms with E-state index in [1.165, 1.54) is 0 Å². The van der Waals surface area contributed by atoms with E-state index >= 15 is 0 Å². The molecule has 2 rings (SSSR count). The molecule has 0 spiro atoms. The fourth-order valence-corrected chi connectivity index (χ4v) is 3.67. The molecule has 0 heterocycles. The van der Waals surface area contributed by atoms with E-state index < -0.39 is 0 Å². The molecule has 1 atom stereocenters. The minimum absolute atomic E-state index is 0.127. The number of aryl methyl sites for hydroxylation is 3. The van der Waals surface area contributed by atoms with Crippen LogP contribution in [0.3, 0.4) is 0 Å². The van der Waals surface area contributed by atoms with Gasteiger partial charge in [-0.3, -0.25) is 4.79 Å². The van der Waals surface area contributed by atoms with Crippen LogP contribution >= 0.6 is 8.58 Å². The van der Waals surface area contributed by atoms with Gasteiger partial charge in [0.25, 0.3) is 0 Å².